The summed E-state index contributed by atoms with van der Waals surface area (Å²) in [6.07, 6.45) is 3.06. The average molecular weight is 444 g/mol. The van der Waals surface area contributed by atoms with E-state index in [1.54, 1.807) is 38.2 Å². The lowest BCUT2D eigenvalue weighted by Gasteiger charge is -2.11. The largest absolute Gasteiger partial charge is 0.453 e. The minimum atomic E-state index is -3.72. The number of carbonyl (C=O) groups excluding carboxylic acids is 1. The zero-order chi connectivity index (χ0) is 22.4. The Morgan fingerprint density at radius 3 is 2.61 bits per heavy atom. The third-order valence-electron chi connectivity index (χ3n) is 4.11. The number of ether oxygens (including phenoxy) is 1. The first kappa shape index (κ1) is 22.4. The fourth-order valence-electron chi connectivity index (χ4n) is 2.74. The molecule has 2 N–H and O–H groups in total. The molecule has 0 fully saturated rings. The van der Waals surface area contributed by atoms with Gasteiger partial charge in [-0.1, -0.05) is 12.1 Å². The topological polar surface area (TPSA) is 97.4 Å². The van der Waals surface area contributed by atoms with E-state index in [2.05, 4.69) is 15.0 Å². The number of pyridine rings is 1. The van der Waals surface area contributed by atoms with Crippen LogP contribution in [-0.4, -0.2) is 25.4 Å². The van der Waals surface area contributed by atoms with E-state index in [1.165, 1.54) is 42.6 Å². The van der Waals surface area contributed by atoms with Gasteiger partial charge in [0.2, 0.25) is 10.0 Å². The number of benzene rings is 2. The molecule has 0 aliphatic heterocycles. The van der Waals surface area contributed by atoms with Gasteiger partial charge >= 0.3 is 0 Å². The van der Waals surface area contributed by atoms with E-state index in [1.807, 2.05) is 0 Å². The molecule has 0 aliphatic carbocycles. The first-order chi connectivity index (χ1) is 14.7. The summed E-state index contributed by atoms with van der Waals surface area (Å²) >= 11 is 0. The third-order valence-corrected chi connectivity index (χ3v) is 5.77. The molecule has 0 unspecified atom stereocenters. The maximum Gasteiger partial charge on any atom is 0.251 e. The van der Waals surface area contributed by atoms with Gasteiger partial charge in [-0.15, -0.1) is 0 Å². The van der Waals surface area contributed by atoms with Gasteiger partial charge in [0.15, 0.2) is 11.6 Å². The Kier molecular flexibility index (Phi) is 6.98. The van der Waals surface area contributed by atoms with Gasteiger partial charge in [0.25, 0.3) is 5.91 Å². The van der Waals surface area contributed by atoms with Crippen molar-refractivity contribution < 1.29 is 22.3 Å². The number of carbonyl (C=O) groups is 1. The molecule has 3 aromatic rings. The Hall–Kier alpha value is -3.30. The van der Waals surface area contributed by atoms with E-state index in [0.29, 0.717) is 11.3 Å². The van der Waals surface area contributed by atoms with Crippen LogP contribution in [0, 0.1) is 5.82 Å². The summed E-state index contributed by atoms with van der Waals surface area (Å²) in [4.78, 5) is 16.4. The molecular weight excluding hydrogens is 421 g/mol. The van der Waals surface area contributed by atoms with Crippen LogP contribution in [0.4, 0.5) is 4.39 Å². The number of rotatable bonds is 8. The van der Waals surface area contributed by atoms with Crippen molar-refractivity contribution in [2.45, 2.75) is 31.3 Å². The Morgan fingerprint density at radius 1 is 1.13 bits per heavy atom. The predicted octanol–water partition coefficient (Wildman–Crippen LogP) is 3.63. The zero-order valence-corrected chi connectivity index (χ0v) is 17.8. The van der Waals surface area contributed by atoms with Crippen molar-refractivity contribution in [3.05, 3.63) is 83.9 Å². The molecule has 2 aromatic carbocycles. The molecule has 31 heavy (non-hydrogen) atoms. The molecule has 0 radical (unpaired) electrons. The summed E-state index contributed by atoms with van der Waals surface area (Å²) in [5.41, 5.74) is 0.707. The van der Waals surface area contributed by atoms with Crippen LogP contribution >= 0.6 is 0 Å². The lowest BCUT2D eigenvalue weighted by molar-refractivity contribution is 0.0950. The maximum absolute atomic E-state index is 14.3. The molecule has 0 aliphatic rings. The molecule has 0 atom stereocenters. The highest BCUT2D eigenvalue weighted by Crippen LogP contribution is 2.24. The van der Waals surface area contributed by atoms with Crippen LogP contribution in [0.25, 0.3) is 0 Å². The Bertz CT molecular complexity index is 1170. The lowest BCUT2D eigenvalue weighted by atomic mass is 10.2. The highest BCUT2D eigenvalue weighted by atomic mass is 32.2. The second-order valence-electron chi connectivity index (χ2n) is 7.04. The summed E-state index contributed by atoms with van der Waals surface area (Å²) in [7, 11) is -3.72. The van der Waals surface area contributed by atoms with Gasteiger partial charge < -0.3 is 10.1 Å². The van der Waals surface area contributed by atoms with Crippen molar-refractivity contribution in [3.63, 3.8) is 0 Å². The van der Waals surface area contributed by atoms with Gasteiger partial charge in [-0.25, -0.2) is 17.5 Å². The van der Waals surface area contributed by atoms with Crippen LogP contribution in [0.5, 0.6) is 11.5 Å². The monoisotopic (exact) mass is 443 g/mol. The van der Waals surface area contributed by atoms with Crippen LogP contribution < -0.4 is 14.8 Å². The molecule has 3 rings (SSSR count). The van der Waals surface area contributed by atoms with E-state index >= 15 is 0 Å². The fourth-order valence-corrected chi connectivity index (χ4v) is 4.04. The quantitative estimate of drug-likeness (QED) is 0.554. The number of sulfonamides is 1. The van der Waals surface area contributed by atoms with Crippen molar-refractivity contribution in [2.75, 3.05) is 0 Å². The maximum atomic E-state index is 14.3. The highest BCUT2D eigenvalue weighted by Gasteiger charge is 2.17. The predicted molar refractivity (Wildman–Crippen MR) is 114 cm³/mol. The third kappa shape index (κ3) is 6.09. The van der Waals surface area contributed by atoms with Crippen LogP contribution in [0.2, 0.25) is 0 Å². The van der Waals surface area contributed by atoms with Gasteiger partial charge in [-0.2, -0.15) is 0 Å². The van der Waals surface area contributed by atoms with E-state index in [0.717, 1.165) is 0 Å². The Balaban J connectivity index is 1.66. The molecule has 0 bridgehead atoms. The van der Waals surface area contributed by atoms with Gasteiger partial charge in [-0.05, 0) is 61.9 Å². The normalized spacial score (nSPS) is 11.4. The number of hydrogen-bond acceptors (Lipinski definition) is 5. The van der Waals surface area contributed by atoms with Crippen LogP contribution in [0.15, 0.2) is 71.9 Å². The summed E-state index contributed by atoms with van der Waals surface area (Å²) < 4.78 is 46.8. The smallest absolute Gasteiger partial charge is 0.251 e. The molecule has 0 saturated carbocycles. The van der Waals surface area contributed by atoms with Crippen molar-refractivity contribution in [3.8, 4) is 11.5 Å². The average Bonchev–Trinajstić information content (AvgIpc) is 2.74. The number of nitrogens with zero attached hydrogens (tertiary/aromatic N) is 1. The summed E-state index contributed by atoms with van der Waals surface area (Å²) in [5, 5.41) is 2.66. The van der Waals surface area contributed by atoms with Crippen molar-refractivity contribution in [2.24, 2.45) is 0 Å². The Labute approximate surface area is 180 Å². The number of halogens is 1. The van der Waals surface area contributed by atoms with Crippen LogP contribution in [0.1, 0.15) is 29.8 Å². The first-order valence-electron chi connectivity index (χ1n) is 9.51. The minimum Gasteiger partial charge on any atom is -0.453 e. The van der Waals surface area contributed by atoms with E-state index < -0.39 is 21.7 Å². The molecule has 0 spiro atoms. The summed E-state index contributed by atoms with van der Waals surface area (Å²) in [5.74, 6) is -0.607. The molecule has 1 amide bonds. The highest BCUT2D eigenvalue weighted by molar-refractivity contribution is 7.89. The summed E-state index contributed by atoms with van der Waals surface area (Å²) in [6.45, 7) is 3.48. The minimum absolute atomic E-state index is 0.00296. The van der Waals surface area contributed by atoms with Crippen molar-refractivity contribution in [1.29, 1.82) is 0 Å². The van der Waals surface area contributed by atoms with Crippen molar-refractivity contribution >= 4 is 15.9 Å². The van der Waals surface area contributed by atoms with E-state index in [-0.39, 0.29) is 28.8 Å². The van der Waals surface area contributed by atoms with E-state index in [4.69, 9.17) is 4.74 Å². The van der Waals surface area contributed by atoms with Gasteiger partial charge in [0.05, 0.1) is 11.1 Å². The standard InChI is InChI=1S/C22H22FN3O4S/c1-15(2)26-31(28,29)19-7-3-5-17(12-19)22(27)25-13-16-8-9-21(20(23)11-16)30-18-6-4-10-24-14-18/h3-12,14-15,26H,13H2,1-2H3,(H,25,27). The van der Waals surface area contributed by atoms with Gasteiger partial charge in [0.1, 0.15) is 5.75 Å². The molecule has 9 heteroatoms. The van der Waals surface area contributed by atoms with Gasteiger partial charge in [-0.3, -0.25) is 9.78 Å². The van der Waals surface area contributed by atoms with E-state index in [9.17, 15) is 17.6 Å². The molecule has 162 valence electrons. The number of nitrogens with one attached hydrogen (secondary N) is 2. The molecule has 7 nitrogen and oxygen atoms in total. The number of amides is 1. The Morgan fingerprint density at radius 2 is 1.94 bits per heavy atom. The lowest BCUT2D eigenvalue weighted by Crippen LogP contribution is -2.30. The molecule has 1 heterocycles. The SMILES string of the molecule is CC(C)NS(=O)(=O)c1cccc(C(=O)NCc2ccc(Oc3cccnc3)c(F)c2)c1. The second-order valence-corrected chi connectivity index (χ2v) is 8.76. The zero-order valence-electron chi connectivity index (χ0n) is 17.0. The first-order valence-corrected chi connectivity index (χ1v) is 11.0. The second kappa shape index (κ2) is 9.67. The van der Waals surface area contributed by atoms with Crippen LogP contribution in [0.3, 0.4) is 0 Å². The number of aromatic nitrogens is 1. The molecule has 0 saturated heterocycles. The number of hydrogen-bond donors (Lipinski definition) is 2. The van der Waals surface area contributed by atoms with Gasteiger partial charge in [0, 0.05) is 24.3 Å². The van der Waals surface area contributed by atoms with Crippen LogP contribution in [-0.2, 0) is 16.6 Å². The molecular formula is C22H22FN3O4S. The molecule has 1 aromatic heterocycles. The van der Waals surface area contributed by atoms with Crippen molar-refractivity contribution in [1.82, 2.24) is 15.0 Å². The fraction of sp³-hybridized carbons (Fsp3) is 0.182. The summed E-state index contributed by atoms with van der Waals surface area (Å²) in [6, 6.07) is 13.1.